The summed E-state index contributed by atoms with van der Waals surface area (Å²) in [6, 6.07) is 11.6. The molecular weight excluding hydrogens is 429 g/mol. The van der Waals surface area contributed by atoms with Gasteiger partial charge in [0.05, 0.1) is 21.8 Å². The molecule has 0 spiro atoms. The fourth-order valence-electron chi connectivity index (χ4n) is 3.18. The maximum absolute atomic E-state index is 13.5. The third kappa shape index (κ3) is 5.61. The average molecular weight is 452 g/mol. The van der Waals surface area contributed by atoms with Crippen molar-refractivity contribution in [3.8, 4) is 6.07 Å². The first-order valence-corrected chi connectivity index (χ1v) is 10.6. The molecule has 3 aromatic rings. The third-order valence-corrected chi connectivity index (χ3v) is 5.26. The molecule has 3 rings (SSSR count). The van der Waals surface area contributed by atoms with E-state index in [9.17, 15) is 14.4 Å². The quantitative estimate of drug-likeness (QED) is 0.443. The number of fused-ring (bicyclic) bond motifs is 1. The van der Waals surface area contributed by atoms with Crippen LogP contribution in [0.3, 0.4) is 0 Å². The Balaban J connectivity index is 1.88. The Morgan fingerprint density at radius 3 is 2.66 bits per heavy atom. The van der Waals surface area contributed by atoms with Crippen molar-refractivity contribution in [2.45, 2.75) is 13.8 Å². The average Bonchev–Trinajstić information content (AvgIpc) is 2.79. The standard InChI is InChI=1S/C24H23ClFN5O/c1-3-31(4-2)11-5-6-23(32)29-17-8-10-22-19(12-17)24(16(14-27)15-28-22)30-18-7-9-21(26)20(25)13-18/h5-10,12-13,15H,3-4,11H2,1-2H3,(H,28,30)(H,29,32). The molecule has 0 atom stereocenters. The molecule has 1 aromatic heterocycles. The lowest BCUT2D eigenvalue weighted by Gasteiger charge is -2.14. The molecule has 164 valence electrons. The Hall–Kier alpha value is -3.47. The van der Waals surface area contributed by atoms with Gasteiger partial charge in [0.15, 0.2) is 0 Å². The van der Waals surface area contributed by atoms with Crippen molar-refractivity contribution in [1.29, 1.82) is 5.26 Å². The molecule has 0 bridgehead atoms. The summed E-state index contributed by atoms with van der Waals surface area (Å²) in [6.45, 7) is 6.66. The Morgan fingerprint density at radius 1 is 1.22 bits per heavy atom. The first kappa shape index (κ1) is 23.2. The Labute approximate surface area is 191 Å². The van der Waals surface area contributed by atoms with Crippen molar-refractivity contribution in [3.63, 3.8) is 0 Å². The van der Waals surface area contributed by atoms with Gasteiger partial charge in [0.2, 0.25) is 5.91 Å². The highest BCUT2D eigenvalue weighted by molar-refractivity contribution is 6.31. The van der Waals surface area contributed by atoms with Crippen LogP contribution >= 0.6 is 11.6 Å². The summed E-state index contributed by atoms with van der Waals surface area (Å²) in [4.78, 5) is 18.8. The number of hydrogen-bond donors (Lipinski definition) is 2. The van der Waals surface area contributed by atoms with Gasteiger partial charge in [0.1, 0.15) is 11.9 Å². The Kier molecular flexibility index (Phi) is 7.77. The van der Waals surface area contributed by atoms with Gasteiger partial charge in [-0.3, -0.25) is 9.78 Å². The molecule has 2 N–H and O–H groups in total. The van der Waals surface area contributed by atoms with E-state index >= 15 is 0 Å². The van der Waals surface area contributed by atoms with Crippen LogP contribution in [-0.2, 0) is 4.79 Å². The maximum Gasteiger partial charge on any atom is 0.248 e. The van der Waals surface area contributed by atoms with Crippen LogP contribution in [0.4, 0.5) is 21.5 Å². The molecule has 32 heavy (non-hydrogen) atoms. The summed E-state index contributed by atoms with van der Waals surface area (Å²) in [5, 5.41) is 16.1. The summed E-state index contributed by atoms with van der Waals surface area (Å²) in [7, 11) is 0. The Morgan fingerprint density at radius 2 is 1.97 bits per heavy atom. The minimum absolute atomic E-state index is 0.0312. The zero-order chi connectivity index (χ0) is 23.1. The number of nitrogens with one attached hydrogen (secondary N) is 2. The van der Waals surface area contributed by atoms with E-state index < -0.39 is 5.82 Å². The first-order chi connectivity index (χ1) is 15.4. The van der Waals surface area contributed by atoms with Crippen molar-refractivity contribution in [2.24, 2.45) is 0 Å². The number of pyridine rings is 1. The van der Waals surface area contributed by atoms with Gasteiger partial charge in [-0.05, 0) is 49.5 Å². The van der Waals surface area contributed by atoms with Gasteiger partial charge in [-0.1, -0.05) is 31.5 Å². The molecular formula is C24H23ClFN5O. The lowest BCUT2D eigenvalue weighted by atomic mass is 10.1. The lowest BCUT2D eigenvalue weighted by Crippen LogP contribution is -2.23. The molecule has 1 heterocycles. The number of halogens is 2. The first-order valence-electron chi connectivity index (χ1n) is 10.2. The molecule has 1 amide bonds. The van der Waals surface area contributed by atoms with E-state index in [-0.39, 0.29) is 10.9 Å². The Bertz CT molecular complexity index is 1200. The zero-order valence-corrected chi connectivity index (χ0v) is 18.6. The van der Waals surface area contributed by atoms with Gasteiger partial charge in [0, 0.05) is 35.6 Å². The SMILES string of the molecule is CCN(CC)CC=CC(=O)Nc1ccc2ncc(C#N)c(Nc3ccc(F)c(Cl)c3)c2c1. The number of anilines is 3. The minimum atomic E-state index is -0.531. The van der Waals surface area contributed by atoms with Crippen LogP contribution in [0.1, 0.15) is 19.4 Å². The van der Waals surface area contributed by atoms with Crippen molar-refractivity contribution in [3.05, 3.63) is 71.2 Å². The molecule has 0 unspecified atom stereocenters. The summed E-state index contributed by atoms with van der Waals surface area (Å²) in [6.07, 6.45) is 4.79. The normalized spacial score (nSPS) is 11.1. The fraction of sp³-hybridized carbons (Fsp3) is 0.208. The van der Waals surface area contributed by atoms with Gasteiger partial charge >= 0.3 is 0 Å². The maximum atomic E-state index is 13.5. The van der Waals surface area contributed by atoms with E-state index in [0.29, 0.717) is 40.1 Å². The van der Waals surface area contributed by atoms with Crippen LogP contribution in [0, 0.1) is 17.1 Å². The molecule has 0 aliphatic heterocycles. The molecule has 2 aromatic carbocycles. The van der Waals surface area contributed by atoms with Crippen molar-refractivity contribution >= 4 is 45.5 Å². The second-order valence-corrected chi connectivity index (χ2v) is 7.43. The summed E-state index contributed by atoms with van der Waals surface area (Å²) in [5.41, 5.74) is 2.52. The van der Waals surface area contributed by atoms with E-state index in [1.165, 1.54) is 30.5 Å². The largest absolute Gasteiger partial charge is 0.354 e. The topological polar surface area (TPSA) is 81.1 Å². The van der Waals surface area contributed by atoms with Crippen LogP contribution in [0.2, 0.25) is 5.02 Å². The van der Waals surface area contributed by atoms with Crippen LogP contribution in [0.15, 0.2) is 54.7 Å². The van der Waals surface area contributed by atoms with E-state index in [0.717, 1.165) is 13.1 Å². The van der Waals surface area contributed by atoms with Crippen molar-refractivity contribution < 1.29 is 9.18 Å². The summed E-state index contributed by atoms with van der Waals surface area (Å²) in [5.74, 6) is -0.780. The van der Waals surface area contributed by atoms with E-state index in [1.54, 1.807) is 18.2 Å². The second-order valence-electron chi connectivity index (χ2n) is 7.02. The minimum Gasteiger partial charge on any atom is -0.354 e. The molecule has 0 aliphatic rings. The number of nitrogens with zero attached hydrogens (tertiary/aromatic N) is 3. The number of benzene rings is 2. The fourth-order valence-corrected chi connectivity index (χ4v) is 3.36. The molecule has 0 aliphatic carbocycles. The van der Waals surface area contributed by atoms with Gasteiger partial charge in [-0.2, -0.15) is 5.26 Å². The number of carbonyl (C=O) groups excluding carboxylic acids is 1. The predicted molar refractivity (Wildman–Crippen MR) is 127 cm³/mol. The molecule has 6 nitrogen and oxygen atoms in total. The van der Waals surface area contributed by atoms with Crippen LogP contribution in [0.25, 0.3) is 10.9 Å². The second kappa shape index (κ2) is 10.7. The molecule has 0 saturated carbocycles. The smallest absolute Gasteiger partial charge is 0.248 e. The number of hydrogen-bond acceptors (Lipinski definition) is 5. The van der Waals surface area contributed by atoms with E-state index in [4.69, 9.17) is 11.6 Å². The van der Waals surface area contributed by atoms with E-state index in [1.807, 2.05) is 6.08 Å². The van der Waals surface area contributed by atoms with E-state index in [2.05, 4.69) is 40.4 Å². The zero-order valence-electron chi connectivity index (χ0n) is 17.8. The highest BCUT2D eigenvalue weighted by Crippen LogP contribution is 2.32. The number of rotatable bonds is 8. The molecule has 0 radical (unpaired) electrons. The summed E-state index contributed by atoms with van der Waals surface area (Å²) >= 11 is 5.88. The third-order valence-electron chi connectivity index (χ3n) is 4.97. The van der Waals surface area contributed by atoms with Gasteiger partial charge < -0.3 is 15.5 Å². The number of carbonyl (C=O) groups is 1. The number of nitriles is 1. The van der Waals surface area contributed by atoms with Crippen LogP contribution in [0.5, 0.6) is 0 Å². The van der Waals surface area contributed by atoms with Gasteiger partial charge in [-0.15, -0.1) is 0 Å². The highest BCUT2D eigenvalue weighted by atomic mass is 35.5. The molecule has 0 saturated heterocycles. The van der Waals surface area contributed by atoms with Crippen molar-refractivity contribution in [2.75, 3.05) is 30.3 Å². The predicted octanol–water partition coefficient (Wildman–Crippen LogP) is 5.48. The monoisotopic (exact) mass is 451 g/mol. The highest BCUT2D eigenvalue weighted by Gasteiger charge is 2.12. The van der Waals surface area contributed by atoms with Crippen molar-refractivity contribution in [1.82, 2.24) is 9.88 Å². The number of aromatic nitrogens is 1. The number of likely N-dealkylation sites (N-methyl/N-ethyl adjacent to an activating group) is 1. The molecule has 0 fully saturated rings. The lowest BCUT2D eigenvalue weighted by molar-refractivity contribution is -0.111. The summed E-state index contributed by atoms with van der Waals surface area (Å²) < 4.78 is 13.5. The van der Waals surface area contributed by atoms with Gasteiger partial charge in [-0.25, -0.2) is 4.39 Å². The van der Waals surface area contributed by atoms with Crippen LogP contribution < -0.4 is 10.6 Å². The van der Waals surface area contributed by atoms with Crippen LogP contribution in [-0.4, -0.2) is 35.4 Å². The molecule has 8 heteroatoms. The number of amides is 1. The van der Waals surface area contributed by atoms with Gasteiger partial charge in [0.25, 0.3) is 0 Å².